The van der Waals surface area contributed by atoms with Crippen LogP contribution in [0.3, 0.4) is 0 Å². The molecule has 0 aliphatic carbocycles. The van der Waals surface area contributed by atoms with Gasteiger partial charge in [-0.3, -0.25) is 9.59 Å². The zero-order valence-electron chi connectivity index (χ0n) is 16.0. The number of ketones is 1. The van der Waals surface area contributed by atoms with Gasteiger partial charge in [0.05, 0.1) is 22.5 Å². The Labute approximate surface area is 169 Å². The Morgan fingerprint density at radius 2 is 1.57 bits per heavy atom. The van der Waals surface area contributed by atoms with E-state index in [4.69, 9.17) is 5.90 Å². The molecule has 0 bridgehead atoms. The van der Waals surface area contributed by atoms with Gasteiger partial charge in [-0.25, -0.2) is 4.98 Å². The second-order valence-corrected chi connectivity index (χ2v) is 7.01. The van der Waals surface area contributed by atoms with Crippen molar-refractivity contribution in [3.05, 3.63) is 76.7 Å². The highest BCUT2D eigenvalue weighted by Gasteiger charge is 2.22. The summed E-state index contributed by atoms with van der Waals surface area (Å²) in [4.78, 5) is 31.3. The Hall–Kier alpha value is -2.83. The minimum Gasteiger partial charge on any atom is -0.373 e. The Morgan fingerprint density at radius 1 is 1.04 bits per heavy atom. The third kappa shape index (κ3) is 6.11. The number of thiazole rings is 1. The molecule has 1 heterocycles. The first-order valence-electron chi connectivity index (χ1n) is 9.01. The monoisotopic (exact) mass is 396 g/mol. The van der Waals surface area contributed by atoms with Gasteiger partial charge in [-0.2, -0.15) is 5.90 Å². The van der Waals surface area contributed by atoms with Crippen molar-refractivity contribution in [3.63, 3.8) is 0 Å². The number of nitrogens with zero attached hydrogens (tertiary/aromatic N) is 1. The average molecular weight is 397 g/mol. The lowest BCUT2D eigenvalue weighted by Crippen LogP contribution is -2.15. The van der Waals surface area contributed by atoms with Gasteiger partial charge in [-0.1, -0.05) is 67.6 Å². The predicted molar refractivity (Wildman–Crippen MR) is 112 cm³/mol. The van der Waals surface area contributed by atoms with Gasteiger partial charge in [0.25, 0.3) is 0 Å². The van der Waals surface area contributed by atoms with E-state index in [1.165, 1.54) is 29.4 Å². The molecule has 0 saturated carbocycles. The van der Waals surface area contributed by atoms with Crippen molar-refractivity contribution in [1.82, 2.24) is 4.98 Å². The number of hydrogen-bond donors (Lipinski definition) is 1. The van der Waals surface area contributed by atoms with Crippen LogP contribution in [0.2, 0.25) is 0 Å². The maximum absolute atomic E-state index is 11.3. The predicted octanol–water partition coefficient (Wildman–Crippen LogP) is 5.00. The van der Waals surface area contributed by atoms with E-state index in [-0.39, 0.29) is 18.1 Å². The van der Waals surface area contributed by atoms with Crippen molar-refractivity contribution in [2.24, 2.45) is 5.90 Å². The summed E-state index contributed by atoms with van der Waals surface area (Å²) in [5, 5.41) is 0. The summed E-state index contributed by atoms with van der Waals surface area (Å²) in [5.74, 6) is 4.16. The largest absolute Gasteiger partial charge is 0.373 e. The van der Waals surface area contributed by atoms with E-state index in [1.807, 2.05) is 19.1 Å². The van der Waals surface area contributed by atoms with E-state index in [1.54, 1.807) is 5.51 Å². The number of benzene rings is 2. The van der Waals surface area contributed by atoms with Gasteiger partial charge in [-0.15, -0.1) is 11.3 Å². The van der Waals surface area contributed by atoms with Gasteiger partial charge in [0, 0.05) is 12.8 Å². The van der Waals surface area contributed by atoms with Gasteiger partial charge < -0.3 is 4.84 Å². The molecule has 0 aliphatic rings. The molecule has 28 heavy (non-hydrogen) atoms. The third-order valence-corrected chi connectivity index (χ3v) is 5.16. The fourth-order valence-electron chi connectivity index (χ4n) is 2.75. The molecule has 0 saturated heterocycles. The van der Waals surface area contributed by atoms with Gasteiger partial charge in [-0.05, 0) is 17.5 Å². The fourth-order valence-corrected chi connectivity index (χ4v) is 3.53. The molecule has 5 nitrogen and oxygen atoms in total. The van der Waals surface area contributed by atoms with Gasteiger partial charge in [0.15, 0.2) is 5.78 Å². The minimum absolute atomic E-state index is 0.0305. The van der Waals surface area contributed by atoms with Gasteiger partial charge in [0.1, 0.15) is 0 Å². The van der Waals surface area contributed by atoms with E-state index in [0.717, 1.165) is 0 Å². The molecule has 1 atom stereocenters. The molecule has 1 unspecified atom stereocenters. The molecule has 0 aliphatic heterocycles. The van der Waals surface area contributed by atoms with Crippen LogP contribution in [0.1, 0.15) is 48.0 Å². The highest BCUT2D eigenvalue weighted by Crippen LogP contribution is 2.28. The van der Waals surface area contributed by atoms with Crippen LogP contribution in [-0.2, 0) is 9.63 Å². The lowest BCUT2D eigenvalue weighted by molar-refractivity contribution is -0.144. The first kappa shape index (κ1) is 21.5. The van der Waals surface area contributed by atoms with Crippen LogP contribution >= 0.6 is 11.3 Å². The van der Waals surface area contributed by atoms with Crippen LogP contribution in [-0.4, -0.2) is 16.7 Å². The molecule has 0 fully saturated rings. The number of hydrogen-bond acceptors (Lipinski definition) is 6. The highest BCUT2D eigenvalue weighted by atomic mass is 32.1. The van der Waals surface area contributed by atoms with Crippen molar-refractivity contribution < 1.29 is 14.4 Å². The molecule has 1 aromatic heterocycles. The van der Waals surface area contributed by atoms with Crippen molar-refractivity contribution in [2.75, 3.05) is 0 Å². The van der Waals surface area contributed by atoms with E-state index in [9.17, 15) is 9.59 Å². The fraction of sp³-hybridized carbons (Fsp3) is 0.227. The van der Waals surface area contributed by atoms with E-state index >= 15 is 0 Å². The maximum atomic E-state index is 11.3. The zero-order valence-corrected chi connectivity index (χ0v) is 16.8. The molecule has 0 spiro atoms. The zero-order chi connectivity index (χ0) is 20.4. The van der Waals surface area contributed by atoms with Crippen molar-refractivity contribution in [2.45, 2.75) is 32.6 Å². The smallest absolute Gasteiger partial charge is 0.325 e. The quantitative estimate of drug-likeness (QED) is 0.468. The van der Waals surface area contributed by atoms with Crippen molar-refractivity contribution in [3.8, 4) is 11.1 Å². The Kier molecular flexibility index (Phi) is 8.52. The molecule has 2 N–H and O–H groups in total. The maximum Gasteiger partial charge on any atom is 0.325 e. The second kappa shape index (κ2) is 11.1. The van der Waals surface area contributed by atoms with Crippen LogP contribution in [0.25, 0.3) is 11.1 Å². The van der Waals surface area contributed by atoms with E-state index in [2.05, 4.69) is 58.4 Å². The van der Waals surface area contributed by atoms with Gasteiger partial charge in [0.2, 0.25) is 0 Å². The normalized spacial score (nSPS) is 11.1. The molecule has 3 rings (SSSR count). The van der Waals surface area contributed by atoms with Crippen LogP contribution in [0.15, 0.2) is 66.2 Å². The number of carbonyl (C=O) groups excluding carboxylic acids is 2. The van der Waals surface area contributed by atoms with E-state index < -0.39 is 5.97 Å². The molecule has 6 heteroatoms. The lowest BCUT2D eigenvalue weighted by atomic mass is 9.97. The van der Waals surface area contributed by atoms with Gasteiger partial charge >= 0.3 is 5.97 Å². The van der Waals surface area contributed by atoms with Crippen LogP contribution in [0, 0.1) is 0 Å². The first-order chi connectivity index (χ1) is 13.6. The third-order valence-electron chi connectivity index (χ3n) is 4.22. The average Bonchev–Trinajstić information content (AvgIpc) is 3.23. The summed E-state index contributed by atoms with van der Waals surface area (Å²) >= 11 is 1.29. The molecular formula is C22H24N2O3S. The molecule has 2 aromatic carbocycles. The topological polar surface area (TPSA) is 82.3 Å². The summed E-state index contributed by atoms with van der Waals surface area (Å²) in [6.45, 7) is 3.42. The first-order valence-corrected chi connectivity index (χ1v) is 9.89. The summed E-state index contributed by atoms with van der Waals surface area (Å²) in [6, 6.07) is 20.8. The van der Waals surface area contributed by atoms with Crippen LogP contribution in [0.5, 0.6) is 0 Å². The number of nitrogens with two attached hydrogens (primary N) is 1. The molecule has 3 aromatic rings. The summed E-state index contributed by atoms with van der Waals surface area (Å²) < 4.78 is 0. The molecular weight excluding hydrogens is 372 g/mol. The Balaban J connectivity index is 0.000000207. The number of carbonyl (C=O) groups is 2. The number of Topliss-reactive ketones (excluding diaryl/α,β-unsaturated/α-hetero) is 1. The highest BCUT2D eigenvalue weighted by molar-refractivity contribution is 7.11. The Morgan fingerprint density at radius 3 is 2.00 bits per heavy atom. The minimum atomic E-state index is -0.491. The summed E-state index contributed by atoms with van der Waals surface area (Å²) in [6.07, 6.45) is 0.857. The standard InChI is InChI=1S/C12H10.C10H14N2O3S/c1-3-7-11(8-4-1)12-9-5-2-6-10-12;1-3-7(4-8(14)15-11)9-10(6(2)13)16-5-12-9/h1-10H;5,7H,3-4,11H2,1-2H3. The van der Waals surface area contributed by atoms with Crippen LogP contribution < -0.4 is 5.90 Å². The van der Waals surface area contributed by atoms with E-state index in [0.29, 0.717) is 17.0 Å². The number of aromatic nitrogens is 1. The van der Waals surface area contributed by atoms with Crippen molar-refractivity contribution >= 4 is 23.1 Å². The molecule has 146 valence electrons. The Bertz CT molecular complexity index is 842. The second-order valence-electron chi connectivity index (χ2n) is 6.15. The molecule has 0 amide bonds. The van der Waals surface area contributed by atoms with Crippen molar-refractivity contribution in [1.29, 1.82) is 0 Å². The summed E-state index contributed by atoms with van der Waals surface area (Å²) in [5.41, 5.74) is 4.84. The lowest BCUT2D eigenvalue weighted by Gasteiger charge is -2.11. The SMILES string of the molecule is CCC(CC(=O)ON)c1ncsc1C(C)=O.c1ccc(-c2ccccc2)cc1. The number of rotatable bonds is 6. The molecule has 0 radical (unpaired) electrons. The summed E-state index contributed by atoms with van der Waals surface area (Å²) in [7, 11) is 0. The van der Waals surface area contributed by atoms with Crippen LogP contribution in [0.4, 0.5) is 0 Å².